The van der Waals surface area contributed by atoms with Gasteiger partial charge in [-0.05, 0) is 25.0 Å². The minimum atomic E-state index is 0.791. The van der Waals surface area contributed by atoms with Gasteiger partial charge in [-0.15, -0.1) is 0 Å². The second-order valence-corrected chi connectivity index (χ2v) is 4.23. The Morgan fingerprint density at radius 1 is 1.40 bits per heavy atom. The molecule has 1 N–H and O–H groups in total. The van der Waals surface area contributed by atoms with Crippen molar-refractivity contribution in [3.05, 3.63) is 18.2 Å². The number of benzene rings is 1. The Labute approximate surface area is 90.0 Å². The Morgan fingerprint density at radius 2 is 2.27 bits per heavy atom. The highest BCUT2D eigenvalue weighted by atomic mass is 16.5. The minimum Gasteiger partial charge on any atom is -0.497 e. The molecule has 0 atom stereocenters. The van der Waals surface area contributed by atoms with Crippen LogP contribution in [0.2, 0.25) is 0 Å². The smallest absolute Gasteiger partial charge is 0.121 e. The number of hydrogen-bond donors (Lipinski definition) is 1. The number of nitrogens with zero attached hydrogens (tertiary/aromatic N) is 1. The maximum Gasteiger partial charge on any atom is 0.121 e. The van der Waals surface area contributed by atoms with Crippen molar-refractivity contribution in [1.82, 2.24) is 0 Å². The maximum absolute atomic E-state index is 5.23. The maximum atomic E-state index is 5.23. The SMILES string of the molecule is COc1ccc2c(c1)NCCN2C1CC1. The number of nitrogens with one attached hydrogen (secondary N) is 1. The van der Waals surface area contributed by atoms with E-state index in [-0.39, 0.29) is 0 Å². The third-order valence-corrected chi connectivity index (χ3v) is 3.17. The van der Waals surface area contributed by atoms with E-state index in [9.17, 15) is 0 Å². The van der Waals surface area contributed by atoms with Gasteiger partial charge in [0.1, 0.15) is 5.75 Å². The average molecular weight is 204 g/mol. The highest BCUT2D eigenvalue weighted by Gasteiger charge is 2.31. The molecule has 0 saturated heterocycles. The van der Waals surface area contributed by atoms with Gasteiger partial charge in [0, 0.05) is 25.2 Å². The summed E-state index contributed by atoms with van der Waals surface area (Å²) in [6.07, 6.45) is 2.71. The van der Waals surface area contributed by atoms with E-state index in [1.165, 1.54) is 24.2 Å². The topological polar surface area (TPSA) is 24.5 Å². The molecule has 1 fully saturated rings. The molecule has 3 nitrogen and oxygen atoms in total. The van der Waals surface area contributed by atoms with Crippen LogP contribution < -0.4 is 15.0 Å². The van der Waals surface area contributed by atoms with Crippen LogP contribution in [0, 0.1) is 0 Å². The normalized spacial score (nSPS) is 19.4. The molecule has 1 saturated carbocycles. The predicted octanol–water partition coefficient (Wildman–Crippen LogP) is 2.09. The standard InChI is InChI=1S/C12H16N2O/c1-15-10-4-5-12-11(8-10)13-6-7-14(12)9-2-3-9/h4-5,8-9,13H,2-3,6-7H2,1H3. The molecule has 1 aromatic rings. The van der Waals surface area contributed by atoms with Crippen LogP contribution in [0.15, 0.2) is 18.2 Å². The summed E-state index contributed by atoms with van der Waals surface area (Å²) in [6, 6.07) is 7.09. The molecule has 1 aliphatic carbocycles. The monoisotopic (exact) mass is 204 g/mol. The average Bonchev–Trinajstić information content (AvgIpc) is 3.11. The van der Waals surface area contributed by atoms with Crippen molar-refractivity contribution in [3.63, 3.8) is 0 Å². The third kappa shape index (κ3) is 1.52. The van der Waals surface area contributed by atoms with Crippen LogP contribution in [0.1, 0.15) is 12.8 Å². The molecular formula is C12H16N2O. The van der Waals surface area contributed by atoms with E-state index in [1.54, 1.807) is 7.11 Å². The lowest BCUT2D eigenvalue weighted by atomic mass is 10.2. The number of hydrogen-bond acceptors (Lipinski definition) is 3. The molecule has 0 spiro atoms. The molecule has 1 aromatic carbocycles. The first-order valence-corrected chi connectivity index (χ1v) is 5.57. The van der Waals surface area contributed by atoms with Crippen LogP contribution in [0.5, 0.6) is 5.75 Å². The van der Waals surface area contributed by atoms with E-state index < -0.39 is 0 Å². The fraction of sp³-hybridized carbons (Fsp3) is 0.500. The summed E-state index contributed by atoms with van der Waals surface area (Å²) >= 11 is 0. The van der Waals surface area contributed by atoms with Crippen molar-refractivity contribution in [2.24, 2.45) is 0 Å². The van der Waals surface area contributed by atoms with E-state index in [0.717, 1.165) is 24.9 Å². The van der Waals surface area contributed by atoms with Gasteiger partial charge in [-0.2, -0.15) is 0 Å². The number of anilines is 2. The van der Waals surface area contributed by atoms with Crippen molar-refractivity contribution in [3.8, 4) is 5.75 Å². The lowest BCUT2D eigenvalue weighted by molar-refractivity contribution is 0.415. The van der Waals surface area contributed by atoms with Crippen LogP contribution in [0.25, 0.3) is 0 Å². The van der Waals surface area contributed by atoms with Crippen molar-refractivity contribution >= 4 is 11.4 Å². The van der Waals surface area contributed by atoms with Crippen molar-refractivity contribution in [2.45, 2.75) is 18.9 Å². The summed E-state index contributed by atoms with van der Waals surface area (Å²) in [6.45, 7) is 2.17. The summed E-state index contributed by atoms with van der Waals surface area (Å²) < 4.78 is 5.23. The van der Waals surface area contributed by atoms with Crippen molar-refractivity contribution in [2.75, 3.05) is 30.4 Å². The molecule has 0 amide bonds. The molecule has 1 aliphatic heterocycles. The first-order chi connectivity index (χ1) is 7.38. The van der Waals surface area contributed by atoms with Crippen LogP contribution in [0.3, 0.4) is 0 Å². The molecule has 0 radical (unpaired) electrons. The van der Waals surface area contributed by atoms with Gasteiger partial charge in [0.05, 0.1) is 18.5 Å². The van der Waals surface area contributed by atoms with E-state index in [4.69, 9.17) is 4.74 Å². The summed E-state index contributed by atoms with van der Waals surface area (Å²) in [4.78, 5) is 2.52. The van der Waals surface area contributed by atoms with Crippen molar-refractivity contribution in [1.29, 1.82) is 0 Å². The van der Waals surface area contributed by atoms with Crippen LogP contribution in [0.4, 0.5) is 11.4 Å². The summed E-state index contributed by atoms with van der Waals surface area (Å²) in [7, 11) is 1.71. The number of fused-ring (bicyclic) bond motifs is 1. The van der Waals surface area contributed by atoms with Gasteiger partial charge in [-0.3, -0.25) is 0 Å². The fourth-order valence-electron chi connectivity index (χ4n) is 2.23. The number of ether oxygens (including phenoxy) is 1. The van der Waals surface area contributed by atoms with Crippen LogP contribution in [-0.4, -0.2) is 26.2 Å². The Kier molecular flexibility index (Phi) is 1.97. The van der Waals surface area contributed by atoms with Crippen LogP contribution >= 0.6 is 0 Å². The Bertz CT molecular complexity index is 374. The zero-order valence-electron chi connectivity index (χ0n) is 8.99. The first kappa shape index (κ1) is 8.89. The van der Waals surface area contributed by atoms with Gasteiger partial charge in [-0.25, -0.2) is 0 Å². The second-order valence-electron chi connectivity index (χ2n) is 4.23. The quantitative estimate of drug-likeness (QED) is 0.798. The highest BCUT2D eigenvalue weighted by Crippen LogP contribution is 2.39. The van der Waals surface area contributed by atoms with Gasteiger partial charge >= 0.3 is 0 Å². The lowest BCUT2D eigenvalue weighted by Crippen LogP contribution is -2.35. The van der Waals surface area contributed by atoms with E-state index in [2.05, 4.69) is 22.3 Å². The zero-order chi connectivity index (χ0) is 10.3. The summed E-state index contributed by atoms with van der Waals surface area (Å²) in [5, 5.41) is 3.43. The molecule has 1 heterocycles. The van der Waals surface area contributed by atoms with E-state index in [0.29, 0.717) is 0 Å². The fourth-order valence-corrected chi connectivity index (χ4v) is 2.23. The molecule has 80 valence electrons. The minimum absolute atomic E-state index is 0.791. The van der Waals surface area contributed by atoms with E-state index in [1.807, 2.05) is 6.07 Å². The van der Waals surface area contributed by atoms with Gasteiger partial charge in [0.2, 0.25) is 0 Å². The lowest BCUT2D eigenvalue weighted by Gasteiger charge is -2.32. The Hall–Kier alpha value is -1.38. The molecule has 3 heteroatoms. The van der Waals surface area contributed by atoms with Gasteiger partial charge in [-0.1, -0.05) is 0 Å². The van der Waals surface area contributed by atoms with Crippen LogP contribution in [-0.2, 0) is 0 Å². The van der Waals surface area contributed by atoms with Gasteiger partial charge in [0.15, 0.2) is 0 Å². The molecular weight excluding hydrogens is 188 g/mol. The zero-order valence-corrected chi connectivity index (χ0v) is 8.99. The molecule has 15 heavy (non-hydrogen) atoms. The molecule has 3 rings (SSSR count). The van der Waals surface area contributed by atoms with Gasteiger partial charge in [0.25, 0.3) is 0 Å². The largest absolute Gasteiger partial charge is 0.497 e. The predicted molar refractivity (Wildman–Crippen MR) is 61.9 cm³/mol. The van der Waals surface area contributed by atoms with Crippen molar-refractivity contribution < 1.29 is 4.74 Å². The highest BCUT2D eigenvalue weighted by molar-refractivity contribution is 5.74. The van der Waals surface area contributed by atoms with E-state index >= 15 is 0 Å². The second kappa shape index (κ2) is 3.33. The Morgan fingerprint density at radius 3 is 3.00 bits per heavy atom. The summed E-state index contributed by atoms with van der Waals surface area (Å²) in [5.74, 6) is 0.930. The first-order valence-electron chi connectivity index (χ1n) is 5.57. The summed E-state index contributed by atoms with van der Waals surface area (Å²) in [5.41, 5.74) is 2.55. The molecule has 0 aromatic heterocycles. The molecule has 2 aliphatic rings. The third-order valence-electron chi connectivity index (χ3n) is 3.17. The van der Waals surface area contributed by atoms with Gasteiger partial charge < -0.3 is 15.0 Å². The molecule has 0 unspecified atom stereocenters. The Balaban J connectivity index is 1.96. The number of methoxy groups -OCH3 is 1. The molecule has 0 bridgehead atoms. The number of rotatable bonds is 2.